The molecule has 0 spiro atoms. The predicted octanol–water partition coefficient (Wildman–Crippen LogP) is 2.35. The maximum absolute atomic E-state index is 5.26. The molecule has 2 heterocycles. The molecule has 0 saturated carbocycles. The zero-order valence-corrected chi connectivity index (χ0v) is 9.68. The van der Waals surface area contributed by atoms with E-state index in [9.17, 15) is 0 Å². The van der Waals surface area contributed by atoms with Crippen LogP contribution >= 0.6 is 0 Å². The first-order valence-corrected chi connectivity index (χ1v) is 5.58. The monoisotopic (exact) mass is 219 g/mol. The first kappa shape index (κ1) is 11.0. The molecule has 1 N–H and O–H groups in total. The predicted molar refractivity (Wildman–Crippen MR) is 61.9 cm³/mol. The van der Waals surface area contributed by atoms with Crippen molar-refractivity contribution in [1.29, 1.82) is 0 Å². The third-order valence-corrected chi connectivity index (χ3v) is 2.59. The molecule has 4 nitrogen and oxygen atoms in total. The van der Waals surface area contributed by atoms with E-state index in [0.29, 0.717) is 0 Å². The van der Waals surface area contributed by atoms with Crippen LogP contribution in [0.4, 0.5) is 0 Å². The van der Waals surface area contributed by atoms with Crippen molar-refractivity contribution >= 4 is 0 Å². The van der Waals surface area contributed by atoms with E-state index >= 15 is 0 Å². The summed E-state index contributed by atoms with van der Waals surface area (Å²) < 4.78 is 7.19. The molecule has 0 aliphatic carbocycles. The van der Waals surface area contributed by atoms with Crippen LogP contribution in [0, 0.1) is 0 Å². The van der Waals surface area contributed by atoms with Gasteiger partial charge in [0.05, 0.1) is 18.5 Å². The van der Waals surface area contributed by atoms with E-state index in [4.69, 9.17) is 4.42 Å². The van der Waals surface area contributed by atoms with Gasteiger partial charge in [0.2, 0.25) is 0 Å². The Labute approximate surface area is 95.3 Å². The summed E-state index contributed by atoms with van der Waals surface area (Å²) >= 11 is 0. The molecule has 0 aromatic carbocycles. The number of rotatable bonds is 5. The van der Waals surface area contributed by atoms with Gasteiger partial charge in [0, 0.05) is 18.8 Å². The Morgan fingerprint density at radius 3 is 3.00 bits per heavy atom. The number of hydrogen-bond acceptors (Lipinski definition) is 3. The fourth-order valence-corrected chi connectivity index (χ4v) is 1.56. The Kier molecular flexibility index (Phi) is 3.41. The molecule has 1 atom stereocenters. The molecule has 0 saturated heterocycles. The van der Waals surface area contributed by atoms with Crippen LogP contribution in [0.3, 0.4) is 0 Å². The molecule has 1 unspecified atom stereocenters. The number of aryl methyl sites for hydroxylation is 1. The Hall–Kier alpha value is -1.55. The van der Waals surface area contributed by atoms with Gasteiger partial charge in [-0.15, -0.1) is 0 Å². The van der Waals surface area contributed by atoms with Gasteiger partial charge in [-0.25, -0.2) is 0 Å². The number of aromatic nitrogens is 2. The van der Waals surface area contributed by atoms with Crippen molar-refractivity contribution in [2.45, 2.75) is 33.0 Å². The largest absolute Gasteiger partial charge is 0.468 e. The summed E-state index contributed by atoms with van der Waals surface area (Å²) in [6.07, 6.45) is 3.69. The summed E-state index contributed by atoms with van der Waals surface area (Å²) in [5.74, 6) is 0.946. The second kappa shape index (κ2) is 4.99. The minimum Gasteiger partial charge on any atom is -0.468 e. The first-order chi connectivity index (χ1) is 7.79. The maximum Gasteiger partial charge on any atom is 0.117 e. The van der Waals surface area contributed by atoms with Crippen LogP contribution in [-0.4, -0.2) is 9.78 Å². The summed E-state index contributed by atoms with van der Waals surface area (Å²) in [6.45, 7) is 5.82. The van der Waals surface area contributed by atoms with Gasteiger partial charge in [-0.3, -0.25) is 4.68 Å². The Bertz CT molecular complexity index is 419. The topological polar surface area (TPSA) is 43.0 Å². The first-order valence-electron chi connectivity index (χ1n) is 5.58. The van der Waals surface area contributed by atoms with Crippen molar-refractivity contribution in [2.75, 3.05) is 0 Å². The van der Waals surface area contributed by atoms with E-state index in [1.54, 1.807) is 6.26 Å². The van der Waals surface area contributed by atoms with Gasteiger partial charge in [-0.05, 0) is 32.0 Å². The SMILES string of the molecule is CCn1ccc(C(C)NCc2ccco2)n1. The Morgan fingerprint density at radius 2 is 2.38 bits per heavy atom. The molecule has 0 radical (unpaired) electrons. The standard InChI is InChI=1S/C12H17N3O/c1-3-15-7-6-12(14-15)10(2)13-9-11-5-4-8-16-11/h4-8,10,13H,3,9H2,1-2H3. The normalized spacial score (nSPS) is 12.9. The summed E-state index contributed by atoms with van der Waals surface area (Å²) in [5, 5.41) is 7.82. The zero-order valence-electron chi connectivity index (χ0n) is 9.68. The van der Waals surface area contributed by atoms with Gasteiger partial charge in [0.25, 0.3) is 0 Å². The smallest absolute Gasteiger partial charge is 0.117 e. The highest BCUT2D eigenvalue weighted by atomic mass is 16.3. The molecule has 2 rings (SSSR count). The molecule has 0 aliphatic rings. The summed E-state index contributed by atoms with van der Waals surface area (Å²) in [4.78, 5) is 0. The number of furan rings is 1. The minimum atomic E-state index is 0.234. The lowest BCUT2D eigenvalue weighted by Gasteiger charge is -2.09. The van der Waals surface area contributed by atoms with Gasteiger partial charge >= 0.3 is 0 Å². The van der Waals surface area contributed by atoms with Crippen molar-refractivity contribution < 1.29 is 4.42 Å². The van der Waals surface area contributed by atoms with E-state index in [1.165, 1.54) is 0 Å². The highest BCUT2D eigenvalue weighted by molar-refractivity contribution is 5.05. The molecular formula is C12H17N3O. The Morgan fingerprint density at radius 1 is 1.50 bits per heavy atom. The third-order valence-electron chi connectivity index (χ3n) is 2.59. The average molecular weight is 219 g/mol. The van der Waals surface area contributed by atoms with Crippen molar-refractivity contribution in [3.8, 4) is 0 Å². The molecule has 0 bridgehead atoms. The lowest BCUT2D eigenvalue weighted by atomic mass is 10.2. The quantitative estimate of drug-likeness (QED) is 0.839. The van der Waals surface area contributed by atoms with Gasteiger partial charge in [-0.2, -0.15) is 5.10 Å². The van der Waals surface area contributed by atoms with Crippen LogP contribution in [0.2, 0.25) is 0 Å². The highest BCUT2D eigenvalue weighted by Crippen LogP contribution is 2.10. The van der Waals surface area contributed by atoms with Gasteiger partial charge in [0.1, 0.15) is 5.76 Å². The van der Waals surface area contributed by atoms with Crippen LogP contribution in [0.15, 0.2) is 35.1 Å². The maximum atomic E-state index is 5.26. The van der Waals surface area contributed by atoms with E-state index in [-0.39, 0.29) is 6.04 Å². The molecule has 16 heavy (non-hydrogen) atoms. The third kappa shape index (κ3) is 2.52. The molecule has 2 aromatic heterocycles. The summed E-state index contributed by atoms with van der Waals surface area (Å²) in [5.41, 5.74) is 1.06. The fourth-order valence-electron chi connectivity index (χ4n) is 1.56. The van der Waals surface area contributed by atoms with Gasteiger partial charge < -0.3 is 9.73 Å². The average Bonchev–Trinajstić information content (AvgIpc) is 2.96. The number of nitrogens with one attached hydrogen (secondary N) is 1. The molecule has 0 aliphatic heterocycles. The van der Waals surface area contributed by atoms with Crippen LogP contribution in [-0.2, 0) is 13.1 Å². The minimum absolute atomic E-state index is 0.234. The molecule has 0 amide bonds. The van der Waals surface area contributed by atoms with E-state index in [1.807, 2.05) is 29.1 Å². The van der Waals surface area contributed by atoms with Crippen molar-refractivity contribution in [3.05, 3.63) is 42.1 Å². The lowest BCUT2D eigenvalue weighted by Crippen LogP contribution is -2.18. The van der Waals surface area contributed by atoms with Crippen molar-refractivity contribution in [2.24, 2.45) is 0 Å². The van der Waals surface area contributed by atoms with Gasteiger partial charge in [-0.1, -0.05) is 0 Å². The summed E-state index contributed by atoms with van der Waals surface area (Å²) in [6, 6.07) is 6.14. The molecule has 4 heteroatoms. The number of hydrogen-bond donors (Lipinski definition) is 1. The molecule has 0 fully saturated rings. The molecule has 2 aromatic rings. The van der Waals surface area contributed by atoms with Crippen LogP contribution in [0.1, 0.15) is 31.3 Å². The second-order valence-corrected chi connectivity index (χ2v) is 3.78. The fraction of sp³-hybridized carbons (Fsp3) is 0.417. The second-order valence-electron chi connectivity index (χ2n) is 3.78. The van der Waals surface area contributed by atoms with Crippen LogP contribution < -0.4 is 5.32 Å². The van der Waals surface area contributed by atoms with Crippen LogP contribution in [0.25, 0.3) is 0 Å². The van der Waals surface area contributed by atoms with Gasteiger partial charge in [0.15, 0.2) is 0 Å². The molecule has 86 valence electrons. The van der Waals surface area contributed by atoms with E-state index < -0.39 is 0 Å². The van der Waals surface area contributed by atoms with Crippen molar-refractivity contribution in [1.82, 2.24) is 15.1 Å². The molecular weight excluding hydrogens is 202 g/mol. The number of nitrogens with zero attached hydrogens (tertiary/aromatic N) is 2. The van der Waals surface area contributed by atoms with E-state index in [2.05, 4.69) is 24.3 Å². The Balaban J connectivity index is 1.90. The summed E-state index contributed by atoms with van der Waals surface area (Å²) in [7, 11) is 0. The van der Waals surface area contributed by atoms with E-state index in [0.717, 1.165) is 24.5 Å². The zero-order chi connectivity index (χ0) is 11.4. The highest BCUT2D eigenvalue weighted by Gasteiger charge is 2.08. The van der Waals surface area contributed by atoms with Crippen molar-refractivity contribution in [3.63, 3.8) is 0 Å². The van der Waals surface area contributed by atoms with Crippen LogP contribution in [0.5, 0.6) is 0 Å². The lowest BCUT2D eigenvalue weighted by molar-refractivity contribution is 0.455.